The van der Waals surface area contributed by atoms with E-state index in [0.717, 1.165) is 12.0 Å². The van der Waals surface area contributed by atoms with E-state index in [9.17, 15) is 19.2 Å². The Morgan fingerprint density at radius 2 is 1.86 bits per heavy atom. The monoisotopic (exact) mass is 385 g/mol. The number of amides is 3. The van der Waals surface area contributed by atoms with Crippen LogP contribution in [-0.2, 0) is 19.9 Å². The first-order valence-corrected chi connectivity index (χ1v) is 8.42. The maximum atomic E-state index is 12.5. The number of esters is 1. The Hall–Kier alpha value is -3.63. The molecule has 28 heavy (non-hydrogen) atoms. The van der Waals surface area contributed by atoms with Crippen LogP contribution in [0.4, 0.5) is 0 Å². The molecule has 0 saturated carbocycles. The molecule has 3 rings (SSSR count). The Morgan fingerprint density at radius 1 is 1.21 bits per heavy atom. The van der Waals surface area contributed by atoms with Crippen LogP contribution in [0.1, 0.15) is 46.3 Å². The molecule has 2 heterocycles. The minimum Gasteiger partial charge on any atom is -0.467 e. The molecule has 11 heteroatoms. The quantitative estimate of drug-likeness (QED) is 0.488. The lowest BCUT2D eigenvalue weighted by molar-refractivity contribution is -0.152. The minimum absolute atomic E-state index is 0.0277. The fourth-order valence-corrected chi connectivity index (χ4v) is 3.21. The van der Waals surface area contributed by atoms with E-state index in [2.05, 4.69) is 25.9 Å². The molecule has 0 unspecified atom stereocenters. The molecule has 0 spiro atoms. The van der Waals surface area contributed by atoms with Crippen LogP contribution in [0.2, 0.25) is 0 Å². The molecule has 0 bridgehead atoms. The first-order valence-electron chi connectivity index (χ1n) is 8.42. The molecule has 1 N–H and O–H groups in total. The van der Waals surface area contributed by atoms with Gasteiger partial charge in [-0.25, -0.2) is 4.79 Å². The van der Waals surface area contributed by atoms with Crippen molar-refractivity contribution in [2.24, 2.45) is 0 Å². The summed E-state index contributed by atoms with van der Waals surface area (Å²) in [5, 5.41) is 16.6. The van der Waals surface area contributed by atoms with Gasteiger partial charge in [-0.1, -0.05) is 12.1 Å². The van der Waals surface area contributed by atoms with Crippen LogP contribution in [-0.4, -0.2) is 57.8 Å². The topological polar surface area (TPSA) is 146 Å². The molecular weight excluding hydrogens is 368 g/mol. The summed E-state index contributed by atoms with van der Waals surface area (Å²) in [7, 11) is 1.16. The maximum absolute atomic E-state index is 12.5. The summed E-state index contributed by atoms with van der Waals surface area (Å²) in [4.78, 5) is 50.2. The number of nitrogens with one attached hydrogen (secondary N) is 1. The summed E-state index contributed by atoms with van der Waals surface area (Å²) in [6.07, 6.45) is 0.148. The highest BCUT2D eigenvalue weighted by atomic mass is 16.5. The van der Waals surface area contributed by atoms with Crippen molar-refractivity contribution in [3.63, 3.8) is 0 Å². The first kappa shape index (κ1) is 19.1. The molecule has 11 nitrogen and oxygen atoms in total. The molecule has 2 aromatic rings. The number of benzene rings is 1. The zero-order chi connectivity index (χ0) is 20.3. The van der Waals surface area contributed by atoms with Gasteiger partial charge in [-0.15, -0.1) is 0 Å². The highest BCUT2D eigenvalue weighted by molar-refractivity contribution is 6.21. The van der Waals surface area contributed by atoms with Crippen molar-refractivity contribution in [2.45, 2.75) is 25.3 Å². The molecule has 0 saturated heterocycles. The smallest absolute Gasteiger partial charge is 0.336 e. The number of rotatable bonds is 7. The Balaban J connectivity index is 1.80. The van der Waals surface area contributed by atoms with Gasteiger partial charge in [0.25, 0.3) is 11.8 Å². The molecule has 3 amide bonds. The van der Waals surface area contributed by atoms with Crippen LogP contribution in [0.15, 0.2) is 24.3 Å². The molecule has 1 aliphatic heterocycles. The summed E-state index contributed by atoms with van der Waals surface area (Å²) >= 11 is 0. The third kappa shape index (κ3) is 3.21. The molecule has 1 atom stereocenters. The number of fused-ring (bicyclic) bond motifs is 1. The minimum atomic E-state index is -1.72. The van der Waals surface area contributed by atoms with Gasteiger partial charge in [-0.2, -0.15) is 5.21 Å². The van der Waals surface area contributed by atoms with E-state index in [-0.39, 0.29) is 25.2 Å². The first-order chi connectivity index (χ1) is 13.4. The molecular formula is C17H17N6O5-. The van der Waals surface area contributed by atoms with Crippen LogP contribution in [0.5, 0.6) is 0 Å². The molecule has 1 aromatic carbocycles. The molecule has 0 fully saturated rings. The third-order valence-electron chi connectivity index (χ3n) is 4.44. The number of carbonyl (C=O) groups excluding carboxylic acids is 4. The van der Waals surface area contributed by atoms with Gasteiger partial charge in [0, 0.05) is 19.3 Å². The highest BCUT2D eigenvalue weighted by Gasteiger charge is 2.43. The molecule has 0 aliphatic carbocycles. The zero-order valence-corrected chi connectivity index (χ0v) is 15.2. The average molecular weight is 385 g/mol. The summed E-state index contributed by atoms with van der Waals surface area (Å²) in [5.74, 6) is -2.26. The van der Waals surface area contributed by atoms with E-state index in [1.54, 1.807) is 24.3 Å². The number of imide groups is 1. The third-order valence-corrected chi connectivity index (χ3v) is 4.44. The second-order valence-electron chi connectivity index (χ2n) is 6.19. The van der Waals surface area contributed by atoms with E-state index in [1.807, 2.05) is 0 Å². The van der Waals surface area contributed by atoms with Gasteiger partial charge in [-0.05, 0) is 25.0 Å². The number of hydrogen-bond acceptors (Lipinski definition) is 8. The zero-order valence-electron chi connectivity index (χ0n) is 15.2. The van der Waals surface area contributed by atoms with Gasteiger partial charge in [0.1, 0.15) is 0 Å². The predicted octanol–water partition coefficient (Wildman–Crippen LogP) is -0.590. The Bertz CT molecular complexity index is 893. The van der Waals surface area contributed by atoms with E-state index < -0.39 is 29.2 Å². The van der Waals surface area contributed by atoms with Gasteiger partial charge in [0.05, 0.1) is 18.2 Å². The highest BCUT2D eigenvalue weighted by Crippen LogP contribution is 2.27. The SMILES string of the molecule is COC(=O)[C@@](CCCN1C(=O)c2ccccc2C1=O)(NC(C)=O)c1nnn[n-]1. The van der Waals surface area contributed by atoms with Crippen LogP contribution < -0.4 is 10.4 Å². The molecule has 146 valence electrons. The number of hydrogen-bond donors (Lipinski definition) is 1. The van der Waals surface area contributed by atoms with Gasteiger partial charge in [-0.3, -0.25) is 29.6 Å². The second-order valence-corrected chi connectivity index (χ2v) is 6.19. The van der Waals surface area contributed by atoms with Gasteiger partial charge in [0.2, 0.25) is 5.91 Å². The predicted molar refractivity (Wildman–Crippen MR) is 91.7 cm³/mol. The van der Waals surface area contributed by atoms with E-state index in [1.165, 1.54) is 6.92 Å². The second kappa shape index (κ2) is 7.55. The Labute approximate surface area is 159 Å². The van der Waals surface area contributed by atoms with Crippen molar-refractivity contribution in [3.8, 4) is 0 Å². The number of nitrogens with zero attached hydrogens (tertiary/aromatic N) is 5. The summed E-state index contributed by atoms with van der Waals surface area (Å²) < 4.78 is 4.82. The van der Waals surface area contributed by atoms with Crippen molar-refractivity contribution < 1.29 is 23.9 Å². The number of methoxy groups -OCH3 is 1. The number of aromatic nitrogens is 4. The van der Waals surface area contributed by atoms with Crippen molar-refractivity contribution in [1.29, 1.82) is 0 Å². The van der Waals surface area contributed by atoms with Gasteiger partial charge < -0.3 is 15.2 Å². The fourth-order valence-electron chi connectivity index (χ4n) is 3.21. The van der Waals surface area contributed by atoms with Crippen LogP contribution in [0, 0.1) is 0 Å². The van der Waals surface area contributed by atoms with Crippen LogP contribution in [0.25, 0.3) is 0 Å². The number of ether oxygens (including phenoxy) is 1. The molecule has 0 radical (unpaired) electrons. The normalized spacial score (nSPS) is 15.1. The van der Waals surface area contributed by atoms with Crippen LogP contribution >= 0.6 is 0 Å². The lowest BCUT2D eigenvalue weighted by Gasteiger charge is -2.32. The Morgan fingerprint density at radius 3 is 2.36 bits per heavy atom. The van der Waals surface area contributed by atoms with Gasteiger partial charge >= 0.3 is 5.97 Å². The Kier molecular flexibility index (Phi) is 5.16. The van der Waals surface area contributed by atoms with Crippen LogP contribution in [0.3, 0.4) is 0 Å². The lowest BCUT2D eigenvalue weighted by atomic mass is 9.92. The van der Waals surface area contributed by atoms with E-state index in [0.29, 0.717) is 11.1 Å². The lowest BCUT2D eigenvalue weighted by Crippen LogP contribution is -2.53. The molecule has 1 aliphatic rings. The summed E-state index contributed by atoms with van der Waals surface area (Å²) in [6.45, 7) is 1.26. The number of tetrazole rings is 1. The van der Waals surface area contributed by atoms with Crippen molar-refractivity contribution in [2.75, 3.05) is 13.7 Å². The fraction of sp³-hybridized carbons (Fsp3) is 0.353. The standard InChI is InChI=1S/C17H18N6O5/c1-10(24)18-17(16(27)28-2,15-19-21-22-20-15)8-5-9-23-13(25)11-6-3-4-7-12(11)14(23)26/h3-4,6-7H,5,8-9H2,1-2H3,(H2,18,19,20,21,22,24)/p-1/t17-/m0/s1. The van der Waals surface area contributed by atoms with Crippen molar-refractivity contribution in [3.05, 3.63) is 41.2 Å². The van der Waals surface area contributed by atoms with Gasteiger partial charge in [0.15, 0.2) is 5.54 Å². The largest absolute Gasteiger partial charge is 0.467 e. The van der Waals surface area contributed by atoms with Crippen molar-refractivity contribution >= 4 is 23.7 Å². The van der Waals surface area contributed by atoms with E-state index >= 15 is 0 Å². The number of carbonyl (C=O) groups is 4. The molecule has 1 aromatic heterocycles. The summed E-state index contributed by atoms with van der Waals surface area (Å²) in [6, 6.07) is 6.53. The average Bonchev–Trinajstić information content (AvgIpc) is 3.30. The summed E-state index contributed by atoms with van der Waals surface area (Å²) in [5.41, 5.74) is -1.05. The van der Waals surface area contributed by atoms with Crippen molar-refractivity contribution in [1.82, 2.24) is 30.8 Å². The van der Waals surface area contributed by atoms with E-state index in [4.69, 9.17) is 4.74 Å². The maximum Gasteiger partial charge on any atom is 0.336 e.